The topological polar surface area (TPSA) is 79.8 Å². The molecule has 2 amide bonds. The van der Waals surface area contributed by atoms with Gasteiger partial charge >= 0.3 is 6.18 Å². The molecule has 182 valence electrons. The second-order valence-electron chi connectivity index (χ2n) is 7.20. The van der Waals surface area contributed by atoms with Gasteiger partial charge in [-0.1, -0.05) is 34.1 Å². The second kappa shape index (κ2) is 12.0. The molecule has 0 saturated carbocycles. The van der Waals surface area contributed by atoms with Crippen LogP contribution in [0.1, 0.15) is 23.1 Å². The zero-order valence-electron chi connectivity index (χ0n) is 17.9. The van der Waals surface area contributed by atoms with E-state index in [9.17, 15) is 22.8 Å². The van der Waals surface area contributed by atoms with Crippen LogP contribution < -0.4 is 15.5 Å². The molecule has 0 radical (unpaired) electrons. The van der Waals surface area contributed by atoms with E-state index in [0.29, 0.717) is 22.4 Å². The first-order chi connectivity index (χ1) is 16.6. The molecule has 0 spiro atoms. The molecule has 0 heterocycles. The average Bonchev–Trinajstić information content (AvgIpc) is 2.79. The van der Waals surface area contributed by atoms with Gasteiger partial charge in [0.25, 0.3) is 0 Å². The van der Waals surface area contributed by atoms with E-state index < -0.39 is 30.0 Å². The van der Waals surface area contributed by atoms with Crippen molar-refractivity contribution in [1.29, 1.82) is 0 Å². The second-order valence-corrected chi connectivity index (χ2v) is 8.97. The highest BCUT2D eigenvalue weighted by atomic mass is 79.9. The predicted octanol–water partition coefficient (Wildman–Crippen LogP) is 6.29. The zero-order valence-corrected chi connectivity index (χ0v) is 21.1. The molecule has 0 unspecified atom stereocenters. The van der Waals surface area contributed by atoms with Gasteiger partial charge in [-0.2, -0.15) is 18.3 Å². The Labute approximate surface area is 215 Å². The van der Waals surface area contributed by atoms with Gasteiger partial charge in [-0.3, -0.25) is 9.59 Å². The van der Waals surface area contributed by atoms with E-state index in [1.54, 1.807) is 18.2 Å². The van der Waals surface area contributed by atoms with Gasteiger partial charge in [0.2, 0.25) is 11.8 Å². The number of anilines is 1. The summed E-state index contributed by atoms with van der Waals surface area (Å²) in [6, 6.07) is 17.1. The Morgan fingerprint density at radius 2 is 1.71 bits per heavy atom. The van der Waals surface area contributed by atoms with Crippen LogP contribution in [0.25, 0.3) is 0 Å². The van der Waals surface area contributed by atoms with Crippen LogP contribution in [0.15, 0.2) is 80.8 Å². The lowest BCUT2D eigenvalue weighted by Gasteiger charge is -2.09. The van der Waals surface area contributed by atoms with Gasteiger partial charge in [-0.05, 0) is 75.6 Å². The van der Waals surface area contributed by atoms with Gasteiger partial charge < -0.3 is 10.1 Å². The van der Waals surface area contributed by atoms with E-state index in [1.807, 2.05) is 24.3 Å². The number of amides is 2. The third kappa shape index (κ3) is 8.52. The maximum absolute atomic E-state index is 12.8. The number of hydrogen-bond donors (Lipinski definition) is 2. The van der Waals surface area contributed by atoms with E-state index in [0.717, 1.165) is 28.2 Å². The molecule has 0 aliphatic carbocycles. The van der Waals surface area contributed by atoms with Crippen LogP contribution in [-0.2, 0) is 22.4 Å². The van der Waals surface area contributed by atoms with Crippen LogP contribution in [0.3, 0.4) is 0 Å². The number of alkyl halides is 3. The average molecular weight is 613 g/mol. The molecule has 2 N–H and O–H groups in total. The lowest BCUT2D eigenvalue weighted by molar-refractivity contribution is -0.137. The Balaban J connectivity index is 1.48. The summed E-state index contributed by atoms with van der Waals surface area (Å²) in [6.45, 7) is 0.387. The largest absolute Gasteiger partial charge is 0.488 e. The quantitative estimate of drug-likeness (QED) is 0.178. The summed E-state index contributed by atoms with van der Waals surface area (Å²) in [4.78, 5) is 23.9. The Morgan fingerprint density at radius 1 is 0.971 bits per heavy atom. The first-order valence-electron chi connectivity index (χ1n) is 10.1. The van der Waals surface area contributed by atoms with Crippen molar-refractivity contribution in [1.82, 2.24) is 5.43 Å². The summed E-state index contributed by atoms with van der Waals surface area (Å²) in [5.41, 5.74) is 2.90. The highest BCUT2D eigenvalue weighted by Crippen LogP contribution is 2.30. The third-order valence-corrected chi connectivity index (χ3v) is 5.61. The number of rotatable bonds is 8. The molecule has 0 aliphatic rings. The number of carbonyl (C=O) groups excluding carboxylic acids is 2. The van der Waals surface area contributed by atoms with E-state index >= 15 is 0 Å². The number of halogens is 5. The van der Waals surface area contributed by atoms with Gasteiger partial charge in [0.05, 0.1) is 16.3 Å². The third-order valence-electron chi connectivity index (χ3n) is 4.46. The standard InChI is InChI=1S/C24H18Br2F3N3O3/c25-18-7-4-15(5-8-18)14-35-21-9-6-16(10-20(21)26)13-30-32-23(34)12-22(33)31-19-3-1-2-17(11-19)24(27,28)29/h1-11,13H,12,14H2,(H,31,33)(H,32,34). The number of carbonyl (C=O) groups is 2. The number of hydrazone groups is 1. The molecular weight excluding hydrogens is 595 g/mol. The molecule has 0 atom stereocenters. The van der Waals surface area contributed by atoms with Crippen molar-refractivity contribution in [3.63, 3.8) is 0 Å². The van der Waals surface area contributed by atoms with Crippen LogP contribution >= 0.6 is 31.9 Å². The molecule has 3 rings (SSSR count). The van der Waals surface area contributed by atoms with Crippen LogP contribution in [0.4, 0.5) is 18.9 Å². The smallest absolute Gasteiger partial charge is 0.416 e. The zero-order chi connectivity index (χ0) is 25.4. The van der Waals surface area contributed by atoms with Crippen LogP contribution in [0.2, 0.25) is 0 Å². The van der Waals surface area contributed by atoms with Crippen molar-refractivity contribution in [3.05, 3.63) is 92.4 Å². The minimum atomic E-state index is -4.54. The maximum atomic E-state index is 12.8. The molecule has 0 fully saturated rings. The van der Waals surface area contributed by atoms with Crippen molar-refractivity contribution in [2.24, 2.45) is 5.10 Å². The monoisotopic (exact) mass is 611 g/mol. The van der Waals surface area contributed by atoms with Crippen LogP contribution in [0.5, 0.6) is 5.75 Å². The van der Waals surface area contributed by atoms with Gasteiger partial charge in [-0.15, -0.1) is 0 Å². The SMILES string of the molecule is O=C(CC(=O)Nc1cccc(C(F)(F)F)c1)NN=Cc1ccc(OCc2ccc(Br)cc2)c(Br)c1. The summed E-state index contributed by atoms with van der Waals surface area (Å²) in [6.07, 6.45) is -3.77. The predicted molar refractivity (Wildman–Crippen MR) is 133 cm³/mol. The maximum Gasteiger partial charge on any atom is 0.416 e. The molecule has 0 bridgehead atoms. The molecule has 35 heavy (non-hydrogen) atoms. The fourth-order valence-electron chi connectivity index (χ4n) is 2.80. The van der Waals surface area contributed by atoms with Crippen molar-refractivity contribution >= 4 is 55.6 Å². The highest BCUT2D eigenvalue weighted by molar-refractivity contribution is 9.10. The molecular formula is C24H18Br2F3N3O3. The fourth-order valence-corrected chi connectivity index (χ4v) is 3.57. The summed E-state index contributed by atoms with van der Waals surface area (Å²) in [5, 5.41) is 6.06. The van der Waals surface area contributed by atoms with Gasteiger partial charge in [0.1, 0.15) is 18.8 Å². The Morgan fingerprint density at radius 3 is 2.40 bits per heavy atom. The number of ether oxygens (including phenoxy) is 1. The summed E-state index contributed by atoms with van der Waals surface area (Å²) < 4.78 is 45.7. The lowest BCUT2D eigenvalue weighted by Crippen LogP contribution is -2.24. The van der Waals surface area contributed by atoms with E-state index in [1.165, 1.54) is 12.3 Å². The normalized spacial score (nSPS) is 11.3. The molecule has 0 aliphatic heterocycles. The van der Waals surface area contributed by atoms with Gasteiger partial charge in [0.15, 0.2) is 0 Å². The molecule has 3 aromatic carbocycles. The van der Waals surface area contributed by atoms with Gasteiger partial charge in [-0.25, -0.2) is 5.43 Å². The minimum absolute atomic E-state index is 0.0616. The van der Waals surface area contributed by atoms with Crippen LogP contribution in [-0.4, -0.2) is 18.0 Å². The molecule has 3 aromatic rings. The number of benzene rings is 3. The minimum Gasteiger partial charge on any atom is -0.488 e. The molecule has 0 saturated heterocycles. The first-order valence-corrected chi connectivity index (χ1v) is 11.6. The van der Waals surface area contributed by atoms with Crippen LogP contribution in [0, 0.1) is 0 Å². The Bertz CT molecular complexity index is 1230. The van der Waals surface area contributed by atoms with Crippen molar-refractivity contribution in [2.75, 3.05) is 5.32 Å². The van der Waals surface area contributed by atoms with Gasteiger partial charge in [0, 0.05) is 10.2 Å². The highest BCUT2D eigenvalue weighted by Gasteiger charge is 2.30. The van der Waals surface area contributed by atoms with E-state index in [-0.39, 0.29) is 5.69 Å². The Kier molecular flexibility index (Phi) is 9.05. The first kappa shape index (κ1) is 26.4. The molecule has 0 aromatic heterocycles. The fraction of sp³-hybridized carbons (Fsp3) is 0.125. The summed E-state index contributed by atoms with van der Waals surface area (Å²) in [7, 11) is 0. The number of nitrogens with zero attached hydrogens (tertiary/aromatic N) is 1. The number of hydrogen-bond acceptors (Lipinski definition) is 4. The summed E-state index contributed by atoms with van der Waals surface area (Å²) in [5.74, 6) is -0.869. The van der Waals surface area contributed by atoms with E-state index in [2.05, 4.69) is 47.7 Å². The lowest BCUT2D eigenvalue weighted by atomic mass is 10.2. The van der Waals surface area contributed by atoms with Crippen molar-refractivity contribution in [2.45, 2.75) is 19.2 Å². The molecule has 11 heteroatoms. The summed E-state index contributed by atoms with van der Waals surface area (Å²) >= 11 is 6.81. The Hall–Kier alpha value is -3.18. The number of nitrogens with one attached hydrogen (secondary N) is 2. The van der Waals surface area contributed by atoms with Crippen molar-refractivity contribution < 1.29 is 27.5 Å². The molecule has 6 nitrogen and oxygen atoms in total. The van der Waals surface area contributed by atoms with E-state index in [4.69, 9.17) is 4.74 Å². The van der Waals surface area contributed by atoms with Crippen molar-refractivity contribution in [3.8, 4) is 5.75 Å².